The van der Waals surface area contributed by atoms with Crippen LogP contribution in [0.2, 0.25) is 0 Å². The maximum absolute atomic E-state index is 11.6. The van der Waals surface area contributed by atoms with Crippen molar-refractivity contribution in [3.05, 3.63) is 0 Å². The van der Waals surface area contributed by atoms with E-state index in [4.69, 9.17) is 9.47 Å². The minimum absolute atomic E-state index is 0.0909. The van der Waals surface area contributed by atoms with Crippen molar-refractivity contribution in [3.63, 3.8) is 0 Å². The topological polar surface area (TPSA) is 76.7 Å². The van der Waals surface area contributed by atoms with Gasteiger partial charge in [0.2, 0.25) is 6.41 Å². The van der Waals surface area contributed by atoms with Crippen molar-refractivity contribution in [3.8, 4) is 0 Å². The molecule has 1 amide bonds. The van der Waals surface area contributed by atoms with Gasteiger partial charge < -0.3 is 14.8 Å². The second-order valence-corrected chi connectivity index (χ2v) is 4.93. The number of carbonyl (C=O) groups is 2. The number of esters is 1. The van der Waals surface area contributed by atoms with E-state index in [0.29, 0.717) is 13.0 Å². The molecule has 6 nitrogen and oxygen atoms in total. The molecule has 2 atom stereocenters. The molecule has 1 saturated heterocycles. The Balaban J connectivity index is 2.48. The summed E-state index contributed by atoms with van der Waals surface area (Å²) in [6.07, 6.45) is 0.333. The molecule has 1 heterocycles. The smallest absolute Gasteiger partial charge is 0.308 e. The van der Waals surface area contributed by atoms with Crippen molar-refractivity contribution in [2.45, 2.75) is 45.1 Å². The van der Waals surface area contributed by atoms with Crippen molar-refractivity contribution >= 4 is 12.4 Å². The van der Waals surface area contributed by atoms with E-state index < -0.39 is 11.6 Å². The molecule has 0 spiro atoms. The van der Waals surface area contributed by atoms with Crippen LogP contribution in [0, 0.1) is 0 Å². The highest BCUT2D eigenvalue weighted by molar-refractivity contribution is 5.71. The average molecular weight is 244 g/mol. The van der Waals surface area contributed by atoms with Crippen LogP contribution in [-0.4, -0.2) is 43.4 Å². The first-order valence-corrected chi connectivity index (χ1v) is 5.69. The van der Waals surface area contributed by atoms with Crippen LogP contribution in [0.5, 0.6) is 0 Å². The van der Waals surface area contributed by atoms with Crippen LogP contribution in [-0.2, 0) is 19.1 Å². The fourth-order valence-corrected chi connectivity index (χ4v) is 1.61. The highest BCUT2D eigenvalue weighted by atomic mass is 16.6. The van der Waals surface area contributed by atoms with Crippen molar-refractivity contribution < 1.29 is 19.1 Å². The molecule has 1 aliphatic rings. The molecule has 0 aromatic heterocycles. The normalized spacial score (nSPS) is 21.9. The maximum Gasteiger partial charge on any atom is 0.308 e. The molecule has 0 radical (unpaired) electrons. The second-order valence-electron chi connectivity index (χ2n) is 4.93. The van der Waals surface area contributed by atoms with Crippen LogP contribution < -0.4 is 10.6 Å². The van der Waals surface area contributed by atoms with Crippen LogP contribution >= 0.6 is 0 Å². The molecule has 0 aromatic carbocycles. The number of ether oxygens (including phenoxy) is 2. The molecule has 0 aromatic rings. The third kappa shape index (κ3) is 5.14. The van der Waals surface area contributed by atoms with E-state index in [-0.39, 0.29) is 18.6 Å². The van der Waals surface area contributed by atoms with E-state index in [9.17, 15) is 9.59 Å². The molecule has 17 heavy (non-hydrogen) atoms. The standard InChI is InChI=1S/C11H20N2O4/c1-11(2,3)17-9(15)6-8(13-7-14)10-12-4-5-16-10/h7-8,10,12H,4-6H2,1-3H3,(H,13,14). The molecule has 6 heteroatoms. The minimum Gasteiger partial charge on any atom is -0.460 e. The van der Waals surface area contributed by atoms with Gasteiger partial charge in [0.05, 0.1) is 19.1 Å². The van der Waals surface area contributed by atoms with E-state index in [2.05, 4.69) is 10.6 Å². The second kappa shape index (κ2) is 5.97. The Morgan fingerprint density at radius 2 is 2.35 bits per heavy atom. The number of amides is 1. The zero-order valence-corrected chi connectivity index (χ0v) is 10.5. The van der Waals surface area contributed by atoms with Crippen LogP contribution in [0.25, 0.3) is 0 Å². The van der Waals surface area contributed by atoms with Crippen molar-refractivity contribution in [2.75, 3.05) is 13.2 Å². The number of hydrogen-bond acceptors (Lipinski definition) is 5. The molecule has 1 fully saturated rings. The number of carbonyl (C=O) groups excluding carboxylic acids is 2. The Labute approximate surface area is 101 Å². The summed E-state index contributed by atoms with van der Waals surface area (Å²) >= 11 is 0. The van der Waals surface area contributed by atoms with Gasteiger partial charge in [-0.15, -0.1) is 0 Å². The van der Waals surface area contributed by atoms with Gasteiger partial charge in [0.1, 0.15) is 11.8 Å². The quantitative estimate of drug-likeness (QED) is 0.516. The van der Waals surface area contributed by atoms with Gasteiger partial charge in [0, 0.05) is 6.54 Å². The summed E-state index contributed by atoms with van der Waals surface area (Å²) in [6.45, 7) is 6.71. The lowest BCUT2D eigenvalue weighted by molar-refractivity contribution is -0.156. The third-order valence-corrected chi connectivity index (χ3v) is 2.20. The maximum atomic E-state index is 11.6. The lowest BCUT2D eigenvalue weighted by Gasteiger charge is -2.24. The van der Waals surface area contributed by atoms with Crippen molar-refractivity contribution in [1.29, 1.82) is 0 Å². The predicted molar refractivity (Wildman–Crippen MR) is 61.2 cm³/mol. The van der Waals surface area contributed by atoms with Crippen LogP contribution in [0.4, 0.5) is 0 Å². The van der Waals surface area contributed by atoms with E-state index in [0.717, 1.165) is 6.54 Å². The number of rotatable bonds is 5. The average Bonchev–Trinajstić information content (AvgIpc) is 2.66. The summed E-state index contributed by atoms with van der Waals surface area (Å²) in [5, 5.41) is 5.63. The summed E-state index contributed by atoms with van der Waals surface area (Å²) < 4.78 is 10.6. The SMILES string of the molecule is CC(C)(C)OC(=O)CC(NC=O)C1NCCO1. The fourth-order valence-electron chi connectivity index (χ4n) is 1.61. The molecule has 0 saturated carbocycles. The van der Waals surface area contributed by atoms with E-state index in [1.807, 2.05) is 0 Å². The Morgan fingerprint density at radius 1 is 1.65 bits per heavy atom. The minimum atomic E-state index is -0.521. The first kappa shape index (κ1) is 13.9. The van der Waals surface area contributed by atoms with Gasteiger partial charge in [0.25, 0.3) is 0 Å². The zero-order chi connectivity index (χ0) is 12.9. The van der Waals surface area contributed by atoms with Gasteiger partial charge in [-0.1, -0.05) is 0 Å². The Hall–Kier alpha value is -1.14. The number of hydrogen-bond donors (Lipinski definition) is 2. The summed E-state index contributed by atoms with van der Waals surface area (Å²) in [5.74, 6) is -0.353. The molecule has 2 unspecified atom stereocenters. The van der Waals surface area contributed by atoms with Gasteiger partial charge in [-0.3, -0.25) is 14.9 Å². The molecule has 2 N–H and O–H groups in total. The molecule has 0 aliphatic carbocycles. The van der Waals surface area contributed by atoms with Gasteiger partial charge in [-0.05, 0) is 20.8 Å². The highest BCUT2D eigenvalue weighted by Gasteiger charge is 2.29. The monoisotopic (exact) mass is 244 g/mol. The summed E-state index contributed by atoms with van der Waals surface area (Å²) in [5.41, 5.74) is -0.521. The first-order chi connectivity index (χ1) is 7.92. The Bertz CT molecular complexity index is 269. The highest BCUT2D eigenvalue weighted by Crippen LogP contribution is 2.12. The van der Waals surface area contributed by atoms with E-state index >= 15 is 0 Å². The molecular weight excluding hydrogens is 224 g/mol. The third-order valence-electron chi connectivity index (χ3n) is 2.20. The molecular formula is C11H20N2O4. The van der Waals surface area contributed by atoms with E-state index in [1.165, 1.54) is 0 Å². The van der Waals surface area contributed by atoms with Gasteiger partial charge in [-0.2, -0.15) is 0 Å². The zero-order valence-electron chi connectivity index (χ0n) is 10.5. The van der Waals surface area contributed by atoms with Crippen molar-refractivity contribution in [2.24, 2.45) is 0 Å². The molecule has 1 rings (SSSR count). The number of nitrogens with one attached hydrogen (secondary N) is 2. The lowest BCUT2D eigenvalue weighted by Crippen LogP contribution is -2.47. The summed E-state index contributed by atoms with van der Waals surface area (Å²) in [4.78, 5) is 22.1. The predicted octanol–water partition coefficient (Wildman–Crippen LogP) is -0.221. The largest absolute Gasteiger partial charge is 0.460 e. The van der Waals surface area contributed by atoms with E-state index in [1.54, 1.807) is 20.8 Å². The van der Waals surface area contributed by atoms with Crippen LogP contribution in [0.1, 0.15) is 27.2 Å². The van der Waals surface area contributed by atoms with Crippen LogP contribution in [0.15, 0.2) is 0 Å². The molecule has 1 aliphatic heterocycles. The van der Waals surface area contributed by atoms with Gasteiger partial charge >= 0.3 is 5.97 Å². The van der Waals surface area contributed by atoms with Gasteiger partial charge in [0.15, 0.2) is 0 Å². The fraction of sp³-hybridized carbons (Fsp3) is 0.818. The lowest BCUT2D eigenvalue weighted by atomic mass is 10.1. The molecule has 0 bridgehead atoms. The summed E-state index contributed by atoms with van der Waals surface area (Å²) in [7, 11) is 0. The Kier molecular flexibility index (Phi) is 4.89. The Morgan fingerprint density at radius 3 is 2.82 bits per heavy atom. The van der Waals surface area contributed by atoms with Crippen molar-refractivity contribution in [1.82, 2.24) is 10.6 Å². The van der Waals surface area contributed by atoms with Crippen LogP contribution in [0.3, 0.4) is 0 Å². The first-order valence-electron chi connectivity index (χ1n) is 5.69. The van der Waals surface area contributed by atoms with Gasteiger partial charge in [-0.25, -0.2) is 0 Å². The molecule has 98 valence electrons. The summed E-state index contributed by atoms with van der Waals surface area (Å²) in [6, 6.07) is -0.398.